The predicted molar refractivity (Wildman–Crippen MR) is 329 cm³/mol. The Morgan fingerprint density at radius 2 is 1.13 bits per heavy atom. The Hall–Kier alpha value is -8.98. The number of aromatic nitrogens is 1. The van der Waals surface area contributed by atoms with Gasteiger partial charge in [-0.1, -0.05) is 208 Å². The lowest BCUT2D eigenvalue weighted by Gasteiger charge is -2.40. The van der Waals surface area contributed by atoms with Crippen LogP contribution in [0.25, 0.3) is 72.0 Å². The van der Waals surface area contributed by atoms with Crippen molar-refractivity contribution in [2.45, 2.75) is 62.7 Å². The lowest BCUT2D eigenvalue weighted by Crippen LogP contribution is -2.32. The Labute approximate surface area is 458 Å². The van der Waals surface area contributed by atoms with Crippen LogP contribution in [0, 0.1) is 0 Å². The average Bonchev–Trinajstić information content (AvgIpc) is 4.31. The van der Waals surface area contributed by atoms with E-state index in [4.69, 9.17) is 0 Å². The third-order valence-electron chi connectivity index (χ3n) is 18.0. The van der Waals surface area contributed by atoms with Gasteiger partial charge in [-0.25, -0.2) is 0 Å². The first-order valence-corrected chi connectivity index (χ1v) is 28.1. The molecule has 15 rings (SSSR count). The molecule has 9 aromatic carbocycles. The summed E-state index contributed by atoms with van der Waals surface area (Å²) < 4.78 is 2.46. The first-order chi connectivity index (χ1) is 38.4. The first-order valence-electron chi connectivity index (χ1n) is 28.1. The van der Waals surface area contributed by atoms with Crippen LogP contribution in [-0.2, 0) is 10.8 Å². The molecule has 1 aromatic heterocycles. The number of hydrogen-bond donors (Lipinski definition) is 0. The van der Waals surface area contributed by atoms with Gasteiger partial charge in [0.25, 0.3) is 0 Å². The van der Waals surface area contributed by atoms with E-state index in [1.165, 1.54) is 117 Å². The summed E-state index contributed by atoms with van der Waals surface area (Å²) in [6, 6.07) is 77.5. The van der Waals surface area contributed by atoms with Crippen molar-refractivity contribution >= 4 is 38.9 Å². The van der Waals surface area contributed by atoms with Gasteiger partial charge in [-0.15, -0.1) is 0 Å². The van der Waals surface area contributed by atoms with Crippen LogP contribution in [0.3, 0.4) is 0 Å². The summed E-state index contributed by atoms with van der Waals surface area (Å²) >= 11 is 0. The van der Waals surface area contributed by atoms with E-state index in [0.29, 0.717) is 5.92 Å². The van der Waals surface area contributed by atoms with Crippen molar-refractivity contribution in [1.82, 2.24) is 4.57 Å². The SMILES string of the molecule is CC1(C)c2ccccc2-c2ccc(-n3c4ccccc4c4cc(-c5cccc(-c6ccc(N(c7ccc(-c8ccccc8)cc7)c7ccc8c(c7)C7CC=CC=C7C8(C7=CCCC=C7)C7=CC=CCC7)cc6)c5)ccc43)cc21. The van der Waals surface area contributed by atoms with E-state index in [-0.39, 0.29) is 10.8 Å². The Balaban J connectivity index is 0.799. The van der Waals surface area contributed by atoms with Gasteiger partial charge in [0, 0.05) is 44.9 Å². The molecule has 0 fully saturated rings. The molecule has 78 heavy (non-hydrogen) atoms. The standard InChI is InChI=1S/C76H60N2/c1-75(2)69-30-15-12-27-63(69)65-44-42-62(50-72(65)75)78-73-32-17-14-29-66(73)68-48-56(37-46-74(68)78)55-22-18-21-54(47-55)53-35-40-60(41-36-53)77(59-38-33-52(34-39-59)51-19-6-3-7-20-51)61-43-45-71-67(49-61)64-28-13-16-31-70(64)76(71,57-23-8-4-9-24-57)58-25-10-5-11-26-58/h3-4,6-8,10,12-23,25-27,29-50,64H,5,9,11,24,28H2,1-2H3. The summed E-state index contributed by atoms with van der Waals surface area (Å²) in [7, 11) is 0. The van der Waals surface area contributed by atoms with Crippen molar-refractivity contribution < 1.29 is 0 Å². The van der Waals surface area contributed by atoms with Gasteiger partial charge in [0.1, 0.15) is 0 Å². The molecule has 5 aliphatic rings. The Kier molecular flexibility index (Phi) is 10.9. The summed E-state index contributed by atoms with van der Waals surface area (Å²) in [5.41, 5.74) is 26.8. The first kappa shape index (κ1) is 46.3. The second-order valence-corrected chi connectivity index (χ2v) is 22.5. The van der Waals surface area contributed by atoms with Crippen molar-refractivity contribution in [2.24, 2.45) is 0 Å². The minimum absolute atomic E-state index is 0.0747. The molecule has 10 aromatic rings. The van der Waals surface area contributed by atoms with Crippen LogP contribution < -0.4 is 4.90 Å². The maximum atomic E-state index is 2.53. The number of para-hydroxylation sites is 1. The highest BCUT2D eigenvalue weighted by Gasteiger charge is 2.52. The van der Waals surface area contributed by atoms with Crippen LogP contribution in [-0.4, -0.2) is 4.57 Å². The van der Waals surface area contributed by atoms with Crippen LogP contribution in [0.4, 0.5) is 17.1 Å². The molecule has 2 unspecified atom stereocenters. The van der Waals surface area contributed by atoms with Crippen molar-refractivity contribution in [3.05, 3.63) is 300 Å². The maximum Gasteiger partial charge on any atom is 0.0633 e. The minimum Gasteiger partial charge on any atom is -0.310 e. The van der Waals surface area contributed by atoms with Crippen molar-refractivity contribution in [1.29, 1.82) is 0 Å². The molecule has 5 aliphatic carbocycles. The summed E-state index contributed by atoms with van der Waals surface area (Å²) in [6.07, 6.45) is 26.9. The molecule has 0 N–H and O–H groups in total. The van der Waals surface area contributed by atoms with Gasteiger partial charge in [0.2, 0.25) is 0 Å². The largest absolute Gasteiger partial charge is 0.310 e. The molecule has 2 atom stereocenters. The quantitative estimate of drug-likeness (QED) is 0.140. The third kappa shape index (κ3) is 7.23. The number of rotatable bonds is 9. The van der Waals surface area contributed by atoms with Crippen LogP contribution in [0.1, 0.15) is 74.1 Å². The predicted octanol–water partition coefficient (Wildman–Crippen LogP) is 20.3. The molecule has 0 saturated heterocycles. The second kappa shape index (κ2) is 18.4. The zero-order chi connectivity index (χ0) is 52.0. The third-order valence-corrected chi connectivity index (χ3v) is 18.0. The molecule has 374 valence electrons. The molecule has 0 amide bonds. The van der Waals surface area contributed by atoms with Gasteiger partial charge in [-0.3, -0.25) is 0 Å². The van der Waals surface area contributed by atoms with E-state index in [1.54, 1.807) is 0 Å². The number of nitrogens with zero attached hydrogens (tertiary/aromatic N) is 2. The van der Waals surface area contributed by atoms with Gasteiger partial charge in [0.15, 0.2) is 0 Å². The second-order valence-electron chi connectivity index (χ2n) is 22.5. The number of benzene rings is 9. The average molecular weight is 1000 g/mol. The molecule has 2 heteroatoms. The lowest BCUT2D eigenvalue weighted by atomic mass is 9.63. The zero-order valence-electron chi connectivity index (χ0n) is 44.3. The van der Waals surface area contributed by atoms with E-state index >= 15 is 0 Å². The molecule has 0 radical (unpaired) electrons. The monoisotopic (exact) mass is 1000 g/mol. The molecule has 0 aliphatic heterocycles. The molecular weight excluding hydrogens is 941 g/mol. The fourth-order valence-corrected chi connectivity index (χ4v) is 14.3. The summed E-state index contributed by atoms with van der Waals surface area (Å²) in [5.74, 6) is 0.306. The van der Waals surface area contributed by atoms with Gasteiger partial charge < -0.3 is 9.47 Å². The lowest BCUT2D eigenvalue weighted by molar-refractivity contribution is 0.640. The van der Waals surface area contributed by atoms with Crippen molar-refractivity contribution in [3.8, 4) is 50.2 Å². The highest BCUT2D eigenvalue weighted by molar-refractivity contribution is 6.10. The molecule has 0 bridgehead atoms. The summed E-state index contributed by atoms with van der Waals surface area (Å²) in [4.78, 5) is 2.47. The number of fused-ring (bicyclic) bond motifs is 9. The van der Waals surface area contributed by atoms with E-state index < -0.39 is 0 Å². The Morgan fingerprint density at radius 1 is 0.462 bits per heavy atom. The highest BCUT2D eigenvalue weighted by atomic mass is 15.1. The number of anilines is 3. The minimum atomic E-state index is -0.262. The number of hydrogen-bond acceptors (Lipinski definition) is 1. The number of allylic oxidation sites excluding steroid dienone is 12. The van der Waals surface area contributed by atoms with Gasteiger partial charge >= 0.3 is 0 Å². The van der Waals surface area contributed by atoms with Crippen LogP contribution in [0.2, 0.25) is 0 Å². The van der Waals surface area contributed by atoms with Gasteiger partial charge in [-0.05, 0) is 183 Å². The van der Waals surface area contributed by atoms with Crippen LogP contribution in [0.15, 0.2) is 278 Å². The van der Waals surface area contributed by atoms with Crippen LogP contribution >= 0.6 is 0 Å². The fourth-order valence-electron chi connectivity index (χ4n) is 14.3. The normalized spacial score (nSPS) is 18.5. The highest BCUT2D eigenvalue weighted by Crippen LogP contribution is 2.62. The van der Waals surface area contributed by atoms with Crippen molar-refractivity contribution in [2.75, 3.05) is 4.90 Å². The van der Waals surface area contributed by atoms with Crippen molar-refractivity contribution in [3.63, 3.8) is 0 Å². The van der Waals surface area contributed by atoms with E-state index in [9.17, 15) is 0 Å². The van der Waals surface area contributed by atoms with Gasteiger partial charge in [-0.2, -0.15) is 0 Å². The summed E-state index contributed by atoms with van der Waals surface area (Å²) in [5, 5.41) is 2.52. The maximum absolute atomic E-state index is 2.53. The molecule has 0 spiro atoms. The topological polar surface area (TPSA) is 8.17 Å². The van der Waals surface area contributed by atoms with E-state index in [1.807, 2.05) is 0 Å². The molecule has 2 nitrogen and oxygen atoms in total. The van der Waals surface area contributed by atoms with E-state index in [2.05, 4.69) is 284 Å². The van der Waals surface area contributed by atoms with E-state index in [0.717, 1.165) is 43.5 Å². The van der Waals surface area contributed by atoms with Gasteiger partial charge in [0.05, 0.1) is 16.4 Å². The smallest absolute Gasteiger partial charge is 0.0633 e. The Morgan fingerprint density at radius 3 is 1.92 bits per heavy atom. The summed E-state index contributed by atoms with van der Waals surface area (Å²) in [6.45, 7) is 4.73. The molecule has 0 saturated carbocycles. The fraction of sp³-hybridized carbons (Fsp3) is 0.132. The zero-order valence-corrected chi connectivity index (χ0v) is 44.3. The Bertz CT molecular complexity index is 4240. The van der Waals surface area contributed by atoms with Crippen LogP contribution in [0.5, 0.6) is 0 Å². The molecular formula is C76H60N2. The molecule has 1 heterocycles.